The van der Waals surface area contributed by atoms with Crippen molar-refractivity contribution >= 4 is 11.8 Å². The Kier molecular flexibility index (Phi) is 6.91. The molecule has 0 aromatic heterocycles. The molecule has 0 bridgehead atoms. The summed E-state index contributed by atoms with van der Waals surface area (Å²) < 4.78 is 0. The Balaban J connectivity index is 4.58. The maximum absolute atomic E-state index is 11.9. The second-order valence-electron chi connectivity index (χ2n) is 5.99. The lowest BCUT2D eigenvalue weighted by atomic mass is 9.94. The van der Waals surface area contributed by atoms with Crippen LogP contribution in [0.15, 0.2) is 0 Å². The first-order chi connectivity index (χ1) is 8.18. The van der Waals surface area contributed by atoms with Crippen LogP contribution in [0.2, 0.25) is 0 Å². The second-order valence-corrected chi connectivity index (χ2v) is 5.99. The maximum Gasteiger partial charge on any atom is 0.242 e. The van der Waals surface area contributed by atoms with Gasteiger partial charge < -0.3 is 16.4 Å². The summed E-state index contributed by atoms with van der Waals surface area (Å²) in [7, 11) is 0. The third-order valence-electron chi connectivity index (χ3n) is 2.45. The lowest BCUT2D eigenvalue weighted by molar-refractivity contribution is -0.133. The van der Waals surface area contributed by atoms with Crippen LogP contribution in [0.1, 0.15) is 41.0 Å². The highest BCUT2D eigenvalue weighted by atomic mass is 16.2. The van der Waals surface area contributed by atoms with Crippen molar-refractivity contribution in [1.82, 2.24) is 10.6 Å². The third-order valence-corrected chi connectivity index (χ3v) is 2.45. The van der Waals surface area contributed by atoms with E-state index in [1.165, 1.54) is 0 Å². The molecule has 2 amide bonds. The van der Waals surface area contributed by atoms with Crippen LogP contribution >= 0.6 is 0 Å². The average molecular weight is 257 g/mol. The predicted molar refractivity (Wildman–Crippen MR) is 72.9 cm³/mol. The Morgan fingerprint density at radius 1 is 1.22 bits per heavy atom. The quantitative estimate of drug-likeness (QED) is 0.653. The number of carbonyl (C=O) groups excluding carboxylic acids is 2. The van der Waals surface area contributed by atoms with Crippen molar-refractivity contribution in [3.05, 3.63) is 0 Å². The van der Waals surface area contributed by atoms with Crippen LogP contribution in [0.3, 0.4) is 0 Å². The first-order valence-electron chi connectivity index (χ1n) is 6.47. The van der Waals surface area contributed by atoms with Gasteiger partial charge in [-0.25, -0.2) is 0 Å². The van der Waals surface area contributed by atoms with E-state index in [1.54, 1.807) is 0 Å². The van der Waals surface area contributed by atoms with Gasteiger partial charge in [-0.1, -0.05) is 34.6 Å². The number of nitrogens with two attached hydrogens (primary N) is 1. The van der Waals surface area contributed by atoms with Crippen molar-refractivity contribution in [3.8, 4) is 0 Å². The zero-order valence-corrected chi connectivity index (χ0v) is 12.2. The Hall–Kier alpha value is -1.10. The lowest BCUT2D eigenvalue weighted by Crippen LogP contribution is -2.51. The normalized spacial score (nSPS) is 13.3. The molecule has 0 aliphatic carbocycles. The minimum absolute atomic E-state index is 0.115. The first-order valence-corrected chi connectivity index (χ1v) is 6.47. The van der Waals surface area contributed by atoms with Gasteiger partial charge in [0.2, 0.25) is 11.8 Å². The fraction of sp³-hybridized carbons (Fsp3) is 0.846. The molecule has 0 aromatic carbocycles. The minimum atomic E-state index is -0.497. The number of amides is 2. The molecule has 0 saturated heterocycles. The summed E-state index contributed by atoms with van der Waals surface area (Å²) in [6, 6.07) is -0.483. The number of rotatable bonds is 6. The molecular formula is C13H27N3O2. The maximum atomic E-state index is 11.9. The zero-order chi connectivity index (χ0) is 14.3. The molecule has 106 valence electrons. The van der Waals surface area contributed by atoms with Gasteiger partial charge in [-0.05, 0) is 12.3 Å². The molecule has 0 aromatic rings. The third kappa shape index (κ3) is 6.59. The van der Waals surface area contributed by atoms with E-state index in [0.29, 0.717) is 25.4 Å². The van der Waals surface area contributed by atoms with Gasteiger partial charge in [0.1, 0.15) is 6.04 Å². The summed E-state index contributed by atoms with van der Waals surface area (Å²) in [5.41, 5.74) is 4.85. The van der Waals surface area contributed by atoms with E-state index in [9.17, 15) is 9.59 Å². The van der Waals surface area contributed by atoms with Gasteiger partial charge >= 0.3 is 0 Å². The molecule has 5 nitrogen and oxygen atoms in total. The Morgan fingerprint density at radius 3 is 2.17 bits per heavy atom. The molecule has 0 rings (SSSR count). The largest absolute Gasteiger partial charge is 0.353 e. The molecule has 0 fully saturated rings. The van der Waals surface area contributed by atoms with Crippen molar-refractivity contribution in [2.45, 2.75) is 47.1 Å². The summed E-state index contributed by atoms with van der Waals surface area (Å²) >= 11 is 0. The first kappa shape index (κ1) is 16.9. The van der Waals surface area contributed by atoms with E-state index in [4.69, 9.17) is 5.73 Å². The molecule has 1 atom stereocenters. The highest BCUT2D eigenvalue weighted by Gasteiger charge is 2.27. The Bertz CT molecular complexity index is 282. The molecule has 4 N–H and O–H groups in total. The lowest BCUT2D eigenvalue weighted by Gasteiger charge is -2.24. The highest BCUT2D eigenvalue weighted by molar-refractivity contribution is 5.89. The van der Waals surface area contributed by atoms with E-state index in [2.05, 4.69) is 10.6 Å². The van der Waals surface area contributed by atoms with Crippen molar-refractivity contribution in [3.63, 3.8) is 0 Å². The Morgan fingerprint density at radius 2 is 1.78 bits per heavy atom. The molecule has 0 heterocycles. The van der Waals surface area contributed by atoms with Gasteiger partial charge in [-0.15, -0.1) is 0 Å². The summed E-state index contributed by atoms with van der Waals surface area (Å²) in [4.78, 5) is 23.8. The fourth-order valence-corrected chi connectivity index (χ4v) is 1.40. The highest BCUT2D eigenvalue weighted by Crippen LogP contribution is 2.14. The summed E-state index contributed by atoms with van der Waals surface area (Å²) in [5.74, 6) is 0.0571. The summed E-state index contributed by atoms with van der Waals surface area (Å²) in [6.45, 7) is 10.3. The summed E-state index contributed by atoms with van der Waals surface area (Å²) in [5, 5.41) is 5.52. The Labute approximate surface area is 110 Å². The van der Waals surface area contributed by atoms with Crippen molar-refractivity contribution in [1.29, 1.82) is 0 Å². The van der Waals surface area contributed by atoms with Crippen LogP contribution in [0.5, 0.6) is 0 Å². The van der Waals surface area contributed by atoms with E-state index in [1.807, 2.05) is 34.6 Å². The van der Waals surface area contributed by atoms with Gasteiger partial charge in [-0.2, -0.15) is 0 Å². The molecule has 5 heteroatoms. The number of hydrogen-bond donors (Lipinski definition) is 3. The molecule has 0 radical (unpaired) electrons. The monoisotopic (exact) mass is 257 g/mol. The van der Waals surface area contributed by atoms with E-state index >= 15 is 0 Å². The van der Waals surface area contributed by atoms with Crippen LogP contribution in [0.25, 0.3) is 0 Å². The van der Waals surface area contributed by atoms with Crippen molar-refractivity contribution in [2.75, 3.05) is 13.1 Å². The van der Waals surface area contributed by atoms with E-state index in [-0.39, 0.29) is 11.8 Å². The van der Waals surface area contributed by atoms with E-state index in [0.717, 1.165) is 0 Å². The van der Waals surface area contributed by atoms with Crippen molar-refractivity contribution < 1.29 is 9.59 Å². The molecule has 1 unspecified atom stereocenters. The number of hydrogen-bond acceptors (Lipinski definition) is 3. The SMILES string of the molecule is CC(C)CC(NC(=O)C(C)(C)C)C(=O)NCCN. The number of carbonyl (C=O) groups is 2. The van der Waals surface area contributed by atoms with Crippen LogP contribution in [0, 0.1) is 11.3 Å². The molecule has 0 aliphatic rings. The van der Waals surface area contributed by atoms with Gasteiger partial charge in [0.05, 0.1) is 0 Å². The zero-order valence-electron chi connectivity index (χ0n) is 12.2. The van der Waals surface area contributed by atoms with Crippen LogP contribution in [-0.2, 0) is 9.59 Å². The van der Waals surface area contributed by atoms with Gasteiger partial charge in [-0.3, -0.25) is 9.59 Å². The average Bonchev–Trinajstić information content (AvgIpc) is 2.22. The second kappa shape index (κ2) is 7.36. The minimum Gasteiger partial charge on any atom is -0.353 e. The van der Waals surface area contributed by atoms with Crippen LogP contribution < -0.4 is 16.4 Å². The topological polar surface area (TPSA) is 84.2 Å². The molecular weight excluding hydrogens is 230 g/mol. The van der Waals surface area contributed by atoms with Gasteiger partial charge in [0.25, 0.3) is 0 Å². The van der Waals surface area contributed by atoms with Gasteiger partial charge in [0.15, 0.2) is 0 Å². The molecule has 18 heavy (non-hydrogen) atoms. The summed E-state index contributed by atoms with van der Waals surface area (Å²) in [6.07, 6.45) is 0.623. The van der Waals surface area contributed by atoms with E-state index < -0.39 is 11.5 Å². The smallest absolute Gasteiger partial charge is 0.242 e. The standard InChI is InChI=1S/C13H27N3O2/c1-9(2)8-10(11(17)15-7-6-14)16-12(18)13(3,4)5/h9-10H,6-8,14H2,1-5H3,(H,15,17)(H,16,18). The number of nitrogens with one attached hydrogen (secondary N) is 2. The fourth-order valence-electron chi connectivity index (χ4n) is 1.40. The molecule has 0 aliphatic heterocycles. The van der Waals surface area contributed by atoms with Crippen LogP contribution in [-0.4, -0.2) is 30.9 Å². The predicted octanol–water partition coefficient (Wildman–Crippen LogP) is 0.638. The van der Waals surface area contributed by atoms with Crippen LogP contribution in [0.4, 0.5) is 0 Å². The van der Waals surface area contributed by atoms with Crippen molar-refractivity contribution in [2.24, 2.45) is 17.1 Å². The molecule has 0 saturated carbocycles. The molecule has 0 spiro atoms. The van der Waals surface area contributed by atoms with Gasteiger partial charge in [0, 0.05) is 18.5 Å².